The minimum Gasteiger partial charge on any atom is -0.496 e. The third-order valence-corrected chi connectivity index (χ3v) is 12.5. The molecule has 0 aliphatic rings. The van der Waals surface area contributed by atoms with Crippen LogP contribution in [0.3, 0.4) is 0 Å². The van der Waals surface area contributed by atoms with Crippen molar-refractivity contribution in [3.63, 3.8) is 0 Å². The van der Waals surface area contributed by atoms with E-state index < -0.39 is 0 Å². The second-order valence-corrected chi connectivity index (χ2v) is 18.4. The number of fused-ring (bicyclic) bond motifs is 2. The van der Waals surface area contributed by atoms with Crippen molar-refractivity contribution >= 4 is 54.8 Å². The number of hydrogen-bond donors (Lipinski definition) is 2. The summed E-state index contributed by atoms with van der Waals surface area (Å²) in [6, 6.07) is 30.4. The minimum absolute atomic E-state index is 0.120. The molecule has 8 heterocycles. The fraction of sp³-hybridized carbons (Fsp3) is 0.214. The van der Waals surface area contributed by atoms with E-state index in [1.807, 2.05) is 152 Å². The molecule has 0 radical (unpaired) electrons. The van der Waals surface area contributed by atoms with Gasteiger partial charge in [-0.2, -0.15) is 0 Å². The lowest BCUT2D eigenvalue weighted by molar-refractivity contribution is 0.393. The summed E-state index contributed by atoms with van der Waals surface area (Å²) in [4.78, 5) is 44.0. The van der Waals surface area contributed by atoms with Crippen LogP contribution in [0.5, 0.6) is 11.5 Å². The van der Waals surface area contributed by atoms with Gasteiger partial charge in [0.2, 0.25) is 0 Å². The first-order chi connectivity index (χ1) is 35.0. The van der Waals surface area contributed by atoms with Crippen molar-refractivity contribution in [3.05, 3.63) is 192 Å². The summed E-state index contributed by atoms with van der Waals surface area (Å²) >= 11 is 3.40. The van der Waals surface area contributed by atoms with Crippen LogP contribution in [0, 0.1) is 55.4 Å². The Morgan fingerprint density at radius 3 is 1.45 bits per heavy atom. The van der Waals surface area contributed by atoms with Gasteiger partial charge in [-0.15, -0.1) is 0 Å². The van der Waals surface area contributed by atoms with E-state index in [1.54, 1.807) is 35.7 Å². The number of nitrogen functional groups attached to an aromatic ring is 1. The molecule has 0 spiro atoms. The highest BCUT2D eigenvalue weighted by atomic mass is 79.9. The van der Waals surface area contributed by atoms with Gasteiger partial charge < -0.3 is 38.7 Å². The number of rotatable bonds is 10. The quantitative estimate of drug-likeness (QED) is 0.131. The molecule has 0 saturated carbocycles. The molecule has 2 aromatic carbocycles. The average Bonchev–Trinajstić information content (AvgIpc) is 3.88. The van der Waals surface area contributed by atoms with Gasteiger partial charge in [-0.05, 0) is 144 Å². The molecule has 0 aliphatic carbocycles. The lowest BCUT2D eigenvalue weighted by Gasteiger charge is -2.17. The summed E-state index contributed by atoms with van der Waals surface area (Å²) in [5, 5.41) is 13.3. The molecule has 10 aromatic rings. The van der Waals surface area contributed by atoms with Crippen molar-refractivity contribution < 1.29 is 18.5 Å². The molecular weight excluding hydrogens is 989 g/mol. The molecule has 0 fully saturated rings. The molecule has 0 atom stereocenters. The van der Waals surface area contributed by atoms with Crippen molar-refractivity contribution in [2.24, 2.45) is 0 Å². The summed E-state index contributed by atoms with van der Waals surface area (Å²) in [6.45, 7) is 16.0. The number of benzene rings is 2. The highest BCUT2D eigenvalue weighted by Gasteiger charge is 2.22. The molecule has 0 unspecified atom stereocenters. The number of methoxy groups -OCH3 is 2. The van der Waals surface area contributed by atoms with Crippen LogP contribution in [0.15, 0.2) is 133 Å². The number of nitrogens with zero attached hydrogens (tertiary/aromatic N) is 8. The van der Waals surface area contributed by atoms with E-state index in [-0.39, 0.29) is 11.1 Å². The van der Waals surface area contributed by atoms with Gasteiger partial charge >= 0.3 is 0 Å². The van der Waals surface area contributed by atoms with Gasteiger partial charge in [0.05, 0.1) is 76.7 Å². The molecule has 3 N–H and O–H groups in total. The van der Waals surface area contributed by atoms with Crippen LogP contribution in [-0.2, 0) is 13.1 Å². The molecule has 372 valence electrons. The molecular formula is C56H55BrN10O6. The second-order valence-electron chi connectivity index (χ2n) is 17.5. The molecule has 0 aliphatic heterocycles. The van der Waals surface area contributed by atoms with E-state index >= 15 is 0 Å². The number of ether oxygens (including phenoxy) is 2. The Bertz CT molecular complexity index is 3650. The SMILES string of the molecule is COc1cc2c(cc1-c1c(C)noc1C)cc(Br)c(=O)n2Cc1ccccn1.COc1cc2c(cc1-c1c(C)noc1C)cc(Nc1cc(C)nc(C)c1)c(=O)n2Cc1ccccn1.Cc1cc(N)cc(C)n1. The third kappa shape index (κ3) is 11.4. The highest BCUT2D eigenvalue weighted by Crippen LogP contribution is 2.39. The Balaban J connectivity index is 0.000000170. The summed E-state index contributed by atoms with van der Waals surface area (Å²) in [5.74, 6) is 2.70. The van der Waals surface area contributed by atoms with E-state index in [0.717, 1.165) is 107 Å². The average molecular weight is 1040 g/mol. The Morgan fingerprint density at radius 2 is 1.04 bits per heavy atom. The summed E-state index contributed by atoms with van der Waals surface area (Å²) in [7, 11) is 3.23. The van der Waals surface area contributed by atoms with Crippen molar-refractivity contribution in [1.82, 2.24) is 39.4 Å². The number of halogens is 1. The number of pyridine rings is 6. The summed E-state index contributed by atoms with van der Waals surface area (Å²) in [5.41, 5.74) is 19.2. The van der Waals surface area contributed by atoms with Gasteiger partial charge in [0.1, 0.15) is 28.7 Å². The van der Waals surface area contributed by atoms with Crippen LogP contribution in [0.4, 0.5) is 17.1 Å². The van der Waals surface area contributed by atoms with Crippen molar-refractivity contribution in [2.45, 2.75) is 68.5 Å². The maximum atomic E-state index is 13.8. The van der Waals surface area contributed by atoms with E-state index in [1.165, 1.54) is 0 Å². The number of nitrogens with two attached hydrogens (primary N) is 1. The third-order valence-electron chi connectivity index (χ3n) is 11.9. The monoisotopic (exact) mass is 1040 g/mol. The first-order valence-electron chi connectivity index (χ1n) is 23.3. The molecule has 0 amide bonds. The first kappa shape index (κ1) is 50.9. The summed E-state index contributed by atoms with van der Waals surface area (Å²) < 4.78 is 26.1. The molecule has 17 heteroatoms. The molecule has 8 aromatic heterocycles. The zero-order valence-corrected chi connectivity index (χ0v) is 43.9. The highest BCUT2D eigenvalue weighted by molar-refractivity contribution is 9.10. The van der Waals surface area contributed by atoms with Crippen LogP contribution in [0.25, 0.3) is 44.1 Å². The summed E-state index contributed by atoms with van der Waals surface area (Å²) in [6.07, 6.45) is 3.44. The predicted octanol–water partition coefficient (Wildman–Crippen LogP) is 11.2. The van der Waals surface area contributed by atoms with Crippen molar-refractivity contribution in [1.29, 1.82) is 0 Å². The van der Waals surface area contributed by atoms with Crippen LogP contribution in [0.1, 0.15) is 57.1 Å². The smallest absolute Gasteiger partial charge is 0.275 e. The lowest BCUT2D eigenvalue weighted by Crippen LogP contribution is -2.24. The zero-order valence-electron chi connectivity index (χ0n) is 42.3. The normalized spacial score (nSPS) is 10.9. The van der Waals surface area contributed by atoms with Crippen molar-refractivity contribution in [3.8, 4) is 33.8 Å². The Labute approximate surface area is 430 Å². The first-order valence-corrected chi connectivity index (χ1v) is 24.1. The van der Waals surface area contributed by atoms with Crippen LogP contribution in [0.2, 0.25) is 0 Å². The van der Waals surface area contributed by atoms with E-state index in [2.05, 4.69) is 51.5 Å². The molecule has 0 bridgehead atoms. The number of nitrogens with one attached hydrogen (secondary N) is 1. The fourth-order valence-corrected chi connectivity index (χ4v) is 9.34. The zero-order chi connectivity index (χ0) is 52.1. The Kier molecular flexibility index (Phi) is 15.3. The van der Waals surface area contributed by atoms with Crippen molar-refractivity contribution in [2.75, 3.05) is 25.3 Å². The second kappa shape index (κ2) is 21.9. The minimum atomic E-state index is -0.160. The Morgan fingerprint density at radius 1 is 0.589 bits per heavy atom. The lowest BCUT2D eigenvalue weighted by atomic mass is 10.00. The predicted molar refractivity (Wildman–Crippen MR) is 289 cm³/mol. The van der Waals surface area contributed by atoms with E-state index in [0.29, 0.717) is 40.5 Å². The Hall–Kier alpha value is -8.44. The van der Waals surface area contributed by atoms with Gasteiger partial charge in [0.25, 0.3) is 11.1 Å². The van der Waals surface area contributed by atoms with Gasteiger partial charge in [0, 0.05) is 80.6 Å². The van der Waals surface area contributed by atoms with Crippen LogP contribution >= 0.6 is 15.9 Å². The van der Waals surface area contributed by atoms with Crippen LogP contribution in [-0.4, -0.2) is 53.6 Å². The number of aromatic nitrogens is 8. The maximum Gasteiger partial charge on any atom is 0.275 e. The standard InChI is InChI=1S/C28H27N5O3.C21H18BrN3O3.C7H10N2/c1-16-10-22(11-17(2)30-16)31-24-13-20-12-23(27-18(3)32-36-19(27)4)26(35-5)14-25(20)33(28(24)34)15-21-8-6-7-9-29-21;1-12-20(13(2)28-24-12)16-8-14-9-17(22)21(26)25(18(14)10-19(16)27-3)11-15-6-4-5-7-23-15;1-5-3-7(8)4-6(2)9-5/h6-14H,15H2,1-5H3,(H,30,31);4-10H,11H2,1-3H3;3-4H,1-2H3,(H2,8,9). The van der Waals surface area contributed by atoms with E-state index in [4.69, 9.17) is 24.3 Å². The van der Waals surface area contributed by atoms with Gasteiger partial charge in [-0.3, -0.25) is 29.5 Å². The van der Waals surface area contributed by atoms with E-state index in [9.17, 15) is 9.59 Å². The molecule has 0 saturated heterocycles. The van der Waals surface area contributed by atoms with Gasteiger partial charge in [-0.25, -0.2) is 0 Å². The number of anilines is 3. The fourth-order valence-electron chi connectivity index (χ4n) is 8.88. The molecule has 10 rings (SSSR count). The topological polar surface area (TPSA) is 204 Å². The maximum absolute atomic E-state index is 13.8. The van der Waals surface area contributed by atoms with Crippen LogP contribution < -0.4 is 31.6 Å². The molecule has 73 heavy (non-hydrogen) atoms. The van der Waals surface area contributed by atoms with Gasteiger partial charge in [-0.1, -0.05) is 22.4 Å². The largest absolute Gasteiger partial charge is 0.496 e. The number of hydrogen-bond acceptors (Lipinski definition) is 14. The number of aryl methyl sites for hydroxylation is 8. The van der Waals surface area contributed by atoms with Gasteiger partial charge in [0.15, 0.2) is 0 Å². The molecule has 16 nitrogen and oxygen atoms in total.